The summed E-state index contributed by atoms with van der Waals surface area (Å²) in [4.78, 5) is 67.5. The van der Waals surface area contributed by atoms with E-state index >= 15 is 0 Å². The number of thiazole rings is 1. The van der Waals surface area contributed by atoms with Crippen LogP contribution >= 0.6 is 46.3 Å². The number of fused-ring (bicyclic) bond motifs is 2. The topological polar surface area (TPSA) is 115 Å². The number of benzene rings is 3. The number of esters is 1. The van der Waals surface area contributed by atoms with Crippen LogP contribution < -0.4 is 15.1 Å². The van der Waals surface area contributed by atoms with E-state index < -0.39 is 69.6 Å². The number of hydrogen-bond donors (Lipinski definition) is 1. The molecule has 1 saturated heterocycles. The zero-order valence-corrected chi connectivity index (χ0v) is 27.7. The van der Waals surface area contributed by atoms with Gasteiger partial charge in [0.15, 0.2) is 0 Å². The number of carbonyl (C=O) groups is 4. The lowest BCUT2D eigenvalue weighted by atomic mass is 9.83. The van der Waals surface area contributed by atoms with Crippen LogP contribution in [0.4, 0.5) is 24.5 Å². The van der Waals surface area contributed by atoms with E-state index in [0.717, 1.165) is 44.7 Å². The Bertz CT molecular complexity index is 2030. The fourth-order valence-corrected chi connectivity index (χ4v) is 8.93. The number of imide groups is 1. The number of para-hydroxylation sites is 1. The number of nitrogens with one attached hydrogen (secondary N) is 1. The first kappa shape index (κ1) is 33.8. The van der Waals surface area contributed by atoms with E-state index in [1.165, 1.54) is 36.4 Å². The molecule has 0 bridgehead atoms. The first-order chi connectivity index (χ1) is 22.8. The molecular formula is C32H22Cl2F3N3O6S2. The van der Waals surface area contributed by atoms with Crippen LogP contribution in [0.5, 0.6) is 0 Å². The predicted molar refractivity (Wildman–Crippen MR) is 175 cm³/mol. The summed E-state index contributed by atoms with van der Waals surface area (Å²) in [7, 11) is 0. The molecule has 9 nitrogen and oxygen atoms in total. The molecule has 48 heavy (non-hydrogen) atoms. The van der Waals surface area contributed by atoms with Gasteiger partial charge in [0.2, 0.25) is 17.7 Å². The Hall–Kier alpha value is -4.11. The zero-order chi connectivity index (χ0) is 34.5. The molecule has 16 heteroatoms. The number of amides is 3. The maximum atomic E-state index is 14.1. The molecule has 3 atom stereocenters. The molecule has 0 radical (unpaired) electrons. The van der Waals surface area contributed by atoms with Crippen molar-refractivity contribution >= 4 is 81.4 Å². The van der Waals surface area contributed by atoms with Crippen LogP contribution in [0.15, 0.2) is 76.6 Å². The van der Waals surface area contributed by atoms with Gasteiger partial charge in [-0.25, -0.2) is 9.69 Å². The van der Waals surface area contributed by atoms with E-state index in [1.54, 1.807) is 25.1 Å². The van der Waals surface area contributed by atoms with Crippen LogP contribution in [0.3, 0.4) is 0 Å². The molecule has 3 amide bonds. The molecule has 0 saturated carbocycles. The number of nitrogens with zero attached hydrogens (tertiary/aromatic N) is 2. The molecule has 2 aliphatic rings. The van der Waals surface area contributed by atoms with E-state index in [1.807, 2.05) is 0 Å². The Morgan fingerprint density at radius 1 is 0.958 bits per heavy atom. The van der Waals surface area contributed by atoms with Gasteiger partial charge in [0.05, 0.1) is 50.1 Å². The first-order valence-corrected chi connectivity index (χ1v) is 16.7. The Balaban J connectivity index is 1.39. The highest BCUT2D eigenvalue weighted by molar-refractivity contribution is 8.00. The van der Waals surface area contributed by atoms with Crippen molar-refractivity contribution in [3.63, 3.8) is 0 Å². The second-order valence-electron chi connectivity index (χ2n) is 10.7. The van der Waals surface area contributed by atoms with E-state index in [2.05, 4.69) is 5.32 Å². The molecule has 1 aromatic heterocycles. The minimum Gasteiger partial charge on any atom is -0.462 e. The Morgan fingerprint density at radius 3 is 2.35 bits per heavy atom. The smallest absolute Gasteiger partial charge is 0.418 e. The van der Waals surface area contributed by atoms with Gasteiger partial charge >= 0.3 is 17.0 Å². The summed E-state index contributed by atoms with van der Waals surface area (Å²) in [5, 5.41) is 1.63. The standard InChI is InChI=1S/C32H22Cl2F3N3O6S2/c1-2-46-30(44)15-10-12-16(13-11-15)40-27(42)23-22(17-6-5-8-19(33)24(17)34)26-29(47-25(23)28(40)43)39(31(45)48-26)14-21(41)38-20-9-4-3-7-18(20)32(35,36)37/h3-13,22-23,25H,2,14H2,1H3,(H,38,41). The number of halogens is 5. The van der Waals surface area contributed by atoms with Gasteiger partial charge in [0, 0.05) is 10.8 Å². The highest BCUT2D eigenvalue weighted by Crippen LogP contribution is 2.55. The third-order valence-corrected chi connectivity index (χ3v) is 11.2. The van der Waals surface area contributed by atoms with Crippen LogP contribution in [0, 0.1) is 5.92 Å². The number of alkyl halides is 3. The molecule has 1 N–H and O–H groups in total. The monoisotopic (exact) mass is 735 g/mol. The minimum absolute atomic E-state index is 0.104. The van der Waals surface area contributed by atoms with Crippen LogP contribution in [0.25, 0.3) is 0 Å². The van der Waals surface area contributed by atoms with Crippen molar-refractivity contribution in [1.82, 2.24) is 4.57 Å². The summed E-state index contributed by atoms with van der Waals surface area (Å²) < 4.78 is 46.7. The van der Waals surface area contributed by atoms with Gasteiger partial charge in [-0.3, -0.25) is 23.7 Å². The molecule has 4 aromatic rings. The summed E-state index contributed by atoms with van der Waals surface area (Å²) in [6.07, 6.45) is -4.74. The summed E-state index contributed by atoms with van der Waals surface area (Å²) in [5.41, 5.74) is -0.746. The first-order valence-electron chi connectivity index (χ1n) is 14.3. The highest BCUT2D eigenvalue weighted by Gasteiger charge is 2.57. The molecular weight excluding hydrogens is 714 g/mol. The van der Waals surface area contributed by atoms with Crippen molar-refractivity contribution in [2.75, 3.05) is 16.8 Å². The second kappa shape index (κ2) is 13.1. The molecule has 2 aliphatic heterocycles. The normalized spacial score (nSPS) is 18.8. The van der Waals surface area contributed by atoms with Gasteiger partial charge in [-0.2, -0.15) is 13.2 Å². The quantitative estimate of drug-likeness (QED) is 0.163. The average Bonchev–Trinajstić information content (AvgIpc) is 3.48. The van der Waals surface area contributed by atoms with E-state index in [-0.39, 0.29) is 32.9 Å². The van der Waals surface area contributed by atoms with Gasteiger partial charge in [0.1, 0.15) is 11.8 Å². The van der Waals surface area contributed by atoms with Crippen molar-refractivity contribution in [3.05, 3.63) is 108 Å². The molecule has 3 aromatic carbocycles. The molecule has 1 fully saturated rings. The Morgan fingerprint density at radius 2 is 1.67 bits per heavy atom. The van der Waals surface area contributed by atoms with Crippen molar-refractivity contribution in [2.24, 2.45) is 5.92 Å². The number of anilines is 2. The van der Waals surface area contributed by atoms with Gasteiger partial charge in [-0.1, -0.05) is 70.6 Å². The SMILES string of the molecule is CCOC(=O)c1ccc(N2C(=O)C3Sc4c(sc(=O)n4CC(=O)Nc4ccccc4C(F)(F)F)C(c4cccc(Cl)c4Cl)C3C2=O)cc1. The van der Waals surface area contributed by atoms with Crippen LogP contribution in [-0.2, 0) is 31.8 Å². The largest absolute Gasteiger partial charge is 0.462 e. The number of thioether (sulfide) groups is 1. The molecule has 3 unspecified atom stereocenters. The fourth-order valence-electron chi connectivity index (χ4n) is 5.74. The number of rotatable bonds is 7. The van der Waals surface area contributed by atoms with Gasteiger partial charge in [0.25, 0.3) is 0 Å². The molecule has 6 rings (SSSR count). The maximum absolute atomic E-state index is 14.1. The minimum atomic E-state index is -4.74. The highest BCUT2D eigenvalue weighted by atomic mass is 35.5. The van der Waals surface area contributed by atoms with Crippen molar-refractivity contribution in [3.8, 4) is 0 Å². The van der Waals surface area contributed by atoms with Crippen molar-refractivity contribution < 1.29 is 37.1 Å². The zero-order valence-electron chi connectivity index (χ0n) is 24.5. The lowest BCUT2D eigenvalue weighted by Crippen LogP contribution is -2.33. The van der Waals surface area contributed by atoms with Crippen LogP contribution in [-0.4, -0.2) is 40.1 Å². The van der Waals surface area contributed by atoms with Crippen molar-refractivity contribution in [2.45, 2.75) is 35.8 Å². The van der Waals surface area contributed by atoms with Gasteiger partial charge < -0.3 is 10.1 Å². The van der Waals surface area contributed by atoms with Gasteiger partial charge in [-0.15, -0.1) is 0 Å². The van der Waals surface area contributed by atoms with E-state index in [9.17, 15) is 37.1 Å². The van der Waals surface area contributed by atoms with E-state index in [4.69, 9.17) is 27.9 Å². The molecule has 3 heterocycles. The molecule has 0 aliphatic carbocycles. The number of carbonyl (C=O) groups excluding carboxylic acids is 4. The summed E-state index contributed by atoms with van der Waals surface area (Å²) in [6, 6.07) is 15.0. The number of ether oxygens (including phenoxy) is 1. The van der Waals surface area contributed by atoms with Crippen LogP contribution in [0.1, 0.15) is 39.2 Å². The Kier molecular flexibility index (Phi) is 9.20. The third kappa shape index (κ3) is 6.02. The Labute approximate surface area is 288 Å². The third-order valence-electron chi connectivity index (χ3n) is 7.81. The second-order valence-corrected chi connectivity index (χ2v) is 13.6. The summed E-state index contributed by atoms with van der Waals surface area (Å²) in [5.74, 6) is -4.66. The average molecular weight is 737 g/mol. The summed E-state index contributed by atoms with van der Waals surface area (Å²) in [6.45, 7) is 1.15. The lowest BCUT2D eigenvalue weighted by Gasteiger charge is -2.31. The lowest BCUT2D eigenvalue weighted by molar-refractivity contribution is -0.137. The van der Waals surface area contributed by atoms with E-state index in [0.29, 0.717) is 10.4 Å². The maximum Gasteiger partial charge on any atom is 0.418 e. The predicted octanol–water partition coefficient (Wildman–Crippen LogP) is 6.85. The number of aromatic nitrogens is 1. The molecule has 248 valence electrons. The fraction of sp³-hybridized carbons (Fsp3) is 0.219. The van der Waals surface area contributed by atoms with Crippen LogP contribution in [0.2, 0.25) is 10.0 Å². The number of hydrogen-bond acceptors (Lipinski definition) is 8. The molecule has 0 spiro atoms. The summed E-state index contributed by atoms with van der Waals surface area (Å²) >= 11 is 14.6. The van der Waals surface area contributed by atoms with Crippen molar-refractivity contribution in [1.29, 1.82) is 0 Å². The van der Waals surface area contributed by atoms with Gasteiger partial charge in [-0.05, 0) is 55.0 Å².